The summed E-state index contributed by atoms with van der Waals surface area (Å²) in [6.45, 7) is 0. The first-order valence-corrected chi connectivity index (χ1v) is 7.46. The summed E-state index contributed by atoms with van der Waals surface area (Å²) in [4.78, 5) is 1.28. The van der Waals surface area contributed by atoms with Crippen LogP contribution in [0.25, 0.3) is 0 Å². The van der Waals surface area contributed by atoms with Crippen molar-refractivity contribution >= 4 is 33.4 Å². The van der Waals surface area contributed by atoms with Crippen molar-refractivity contribution in [3.63, 3.8) is 0 Å². The minimum atomic E-state index is -0.223. The number of fused-ring (bicyclic) bond motifs is 1. The van der Waals surface area contributed by atoms with Crippen molar-refractivity contribution < 1.29 is 4.39 Å². The molecule has 3 rings (SSSR count). The molecule has 4 heteroatoms. The van der Waals surface area contributed by atoms with Crippen molar-refractivity contribution in [3.05, 3.63) is 58.3 Å². The normalized spacial score (nSPS) is 17.6. The number of thioether (sulfide) groups is 1. The Morgan fingerprint density at radius 3 is 2.83 bits per heavy atom. The Labute approximate surface area is 118 Å². The average molecular weight is 324 g/mol. The van der Waals surface area contributed by atoms with Crippen LogP contribution in [-0.4, -0.2) is 5.75 Å². The Bertz CT molecular complexity index is 568. The fourth-order valence-electron chi connectivity index (χ4n) is 2.09. The van der Waals surface area contributed by atoms with E-state index in [0.29, 0.717) is 5.69 Å². The van der Waals surface area contributed by atoms with E-state index >= 15 is 0 Å². The maximum Gasteiger partial charge on any atom is 0.147 e. The SMILES string of the molecule is Fc1cccc(Br)c1NC1CSc2ccccc21. The van der Waals surface area contributed by atoms with Crippen LogP contribution >= 0.6 is 27.7 Å². The topological polar surface area (TPSA) is 12.0 Å². The summed E-state index contributed by atoms with van der Waals surface area (Å²) in [5.74, 6) is 0.707. The predicted octanol–water partition coefficient (Wildman–Crippen LogP) is 4.85. The van der Waals surface area contributed by atoms with Crippen LogP contribution in [0.2, 0.25) is 0 Å². The number of para-hydroxylation sites is 1. The van der Waals surface area contributed by atoms with Gasteiger partial charge < -0.3 is 5.32 Å². The highest BCUT2D eigenvalue weighted by Gasteiger charge is 2.23. The van der Waals surface area contributed by atoms with Crippen molar-refractivity contribution in [2.24, 2.45) is 0 Å². The molecule has 0 radical (unpaired) electrons. The molecule has 0 fully saturated rings. The van der Waals surface area contributed by atoms with Crippen LogP contribution in [0.3, 0.4) is 0 Å². The van der Waals surface area contributed by atoms with Crippen molar-refractivity contribution in [3.8, 4) is 0 Å². The summed E-state index contributed by atoms with van der Waals surface area (Å²) >= 11 is 5.19. The zero-order valence-corrected chi connectivity index (χ0v) is 11.9. The van der Waals surface area contributed by atoms with Crippen LogP contribution in [0.15, 0.2) is 51.8 Å². The standard InChI is InChI=1S/C14H11BrFNS/c15-10-5-3-6-11(16)14(10)17-12-8-18-13-7-2-1-4-9(12)13/h1-7,12,17H,8H2. The van der Waals surface area contributed by atoms with E-state index in [2.05, 4.69) is 33.4 Å². The lowest BCUT2D eigenvalue weighted by atomic mass is 10.1. The average Bonchev–Trinajstić information content (AvgIpc) is 2.77. The number of hydrogen-bond acceptors (Lipinski definition) is 2. The van der Waals surface area contributed by atoms with Gasteiger partial charge in [-0.2, -0.15) is 0 Å². The third-order valence-corrected chi connectivity index (χ3v) is 4.82. The van der Waals surface area contributed by atoms with Crippen LogP contribution in [0.4, 0.5) is 10.1 Å². The lowest BCUT2D eigenvalue weighted by Crippen LogP contribution is -2.11. The number of nitrogens with one attached hydrogen (secondary N) is 1. The Hall–Kier alpha value is -1.00. The van der Waals surface area contributed by atoms with Gasteiger partial charge in [-0.1, -0.05) is 24.3 Å². The Balaban J connectivity index is 1.91. The number of anilines is 1. The second-order valence-electron chi connectivity index (χ2n) is 4.14. The van der Waals surface area contributed by atoms with E-state index in [1.54, 1.807) is 17.8 Å². The quantitative estimate of drug-likeness (QED) is 0.848. The third-order valence-electron chi connectivity index (χ3n) is 2.98. The summed E-state index contributed by atoms with van der Waals surface area (Å²) in [7, 11) is 0. The molecule has 2 aromatic rings. The molecule has 0 bridgehead atoms. The van der Waals surface area contributed by atoms with Crippen LogP contribution in [0.1, 0.15) is 11.6 Å². The molecular formula is C14H11BrFNS. The number of benzene rings is 2. The van der Waals surface area contributed by atoms with E-state index in [1.165, 1.54) is 16.5 Å². The number of halogens is 2. The van der Waals surface area contributed by atoms with Crippen LogP contribution in [-0.2, 0) is 0 Å². The van der Waals surface area contributed by atoms with Gasteiger partial charge in [-0.05, 0) is 39.7 Å². The van der Waals surface area contributed by atoms with Gasteiger partial charge in [0.25, 0.3) is 0 Å². The van der Waals surface area contributed by atoms with Gasteiger partial charge in [0, 0.05) is 15.1 Å². The highest BCUT2D eigenvalue weighted by atomic mass is 79.9. The van der Waals surface area contributed by atoms with Gasteiger partial charge in [-0.3, -0.25) is 0 Å². The van der Waals surface area contributed by atoms with E-state index in [9.17, 15) is 4.39 Å². The molecule has 1 nitrogen and oxygen atoms in total. The summed E-state index contributed by atoms with van der Waals surface area (Å²) < 4.78 is 14.5. The monoisotopic (exact) mass is 323 g/mol. The highest BCUT2D eigenvalue weighted by Crippen LogP contribution is 2.40. The van der Waals surface area contributed by atoms with Crippen molar-refractivity contribution in [1.82, 2.24) is 0 Å². The lowest BCUT2D eigenvalue weighted by molar-refractivity contribution is 0.627. The molecule has 18 heavy (non-hydrogen) atoms. The molecule has 0 saturated heterocycles. The van der Waals surface area contributed by atoms with Crippen LogP contribution in [0, 0.1) is 5.82 Å². The third kappa shape index (κ3) is 2.15. The molecule has 1 aliphatic rings. The van der Waals surface area contributed by atoms with Gasteiger partial charge in [0.05, 0.1) is 11.7 Å². The molecule has 1 heterocycles. The van der Waals surface area contributed by atoms with E-state index in [4.69, 9.17) is 0 Å². The maximum absolute atomic E-state index is 13.8. The van der Waals surface area contributed by atoms with Crippen molar-refractivity contribution in [1.29, 1.82) is 0 Å². The predicted molar refractivity (Wildman–Crippen MR) is 77.6 cm³/mol. The molecule has 0 aliphatic carbocycles. The summed E-state index contributed by atoms with van der Waals surface area (Å²) in [6.07, 6.45) is 0. The van der Waals surface area contributed by atoms with E-state index in [0.717, 1.165) is 10.2 Å². The molecule has 0 amide bonds. The zero-order valence-electron chi connectivity index (χ0n) is 9.49. The zero-order chi connectivity index (χ0) is 12.5. The molecule has 1 aliphatic heterocycles. The molecule has 1 unspecified atom stereocenters. The van der Waals surface area contributed by atoms with Gasteiger partial charge in [-0.25, -0.2) is 4.39 Å². The Morgan fingerprint density at radius 1 is 1.17 bits per heavy atom. The lowest BCUT2D eigenvalue weighted by Gasteiger charge is -2.16. The first-order valence-electron chi connectivity index (χ1n) is 5.68. The Kier molecular flexibility index (Phi) is 3.31. The molecule has 0 aromatic heterocycles. The fraction of sp³-hybridized carbons (Fsp3) is 0.143. The molecule has 2 aromatic carbocycles. The first kappa shape index (κ1) is 12.1. The van der Waals surface area contributed by atoms with Crippen LogP contribution < -0.4 is 5.32 Å². The highest BCUT2D eigenvalue weighted by molar-refractivity contribution is 9.10. The van der Waals surface area contributed by atoms with Gasteiger partial charge in [0.15, 0.2) is 0 Å². The van der Waals surface area contributed by atoms with Crippen molar-refractivity contribution in [2.45, 2.75) is 10.9 Å². The summed E-state index contributed by atoms with van der Waals surface area (Å²) in [5.41, 5.74) is 1.79. The van der Waals surface area contributed by atoms with E-state index in [1.807, 2.05) is 18.2 Å². The molecule has 0 saturated carbocycles. The molecule has 92 valence electrons. The van der Waals surface area contributed by atoms with Gasteiger partial charge in [-0.15, -0.1) is 11.8 Å². The van der Waals surface area contributed by atoms with E-state index < -0.39 is 0 Å². The second-order valence-corrected chi connectivity index (χ2v) is 6.06. The number of rotatable bonds is 2. The first-order chi connectivity index (χ1) is 8.75. The molecule has 1 N–H and O–H groups in total. The minimum Gasteiger partial charge on any atom is -0.374 e. The smallest absolute Gasteiger partial charge is 0.147 e. The second kappa shape index (κ2) is 4.94. The maximum atomic E-state index is 13.8. The van der Waals surface area contributed by atoms with Crippen LogP contribution in [0.5, 0.6) is 0 Å². The van der Waals surface area contributed by atoms with Gasteiger partial charge in [0.2, 0.25) is 0 Å². The summed E-state index contributed by atoms with van der Waals surface area (Å²) in [5, 5.41) is 3.29. The molecule has 0 spiro atoms. The largest absolute Gasteiger partial charge is 0.374 e. The van der Waals surface area contributed by atoms with Gasteiger partial charge in [0.1, 0.15) is 5.82 Å². The van der Waals surface area contributed by atoms with Crippen molar-refractivity contribution in [2.75, 3.05) is 11.1 Å². The van der Waals surface area contributed by atoms with Gasteiger partial charge >= 0.3 is 0 Å². The molecule has 1 atom stereocenters. The summed E-state index contributed by atoms with van der Waals surface area (Å²) in [6, 6.07) is 13.4. The van der Waals surface area contributed by atoms with E-state index in [-0.39, 0.29) is 11.9 Å². The number of hydrogen-bond donors (Lipinski definition) is 1. The Morgan fingerprint density at radius 2 is 2.00 bits per heavy atom. The molecular weight excluding hydrogens is 313 g/mol. The minimum absolute atomic E-state index is 0.166. The fourth-order valence-corrected chi connectivity index (χ4v) is 3.71.